The van der Waals surface area contributed by atoms with Gasteiger partial charge in [0.05, 0.1) is 18.2 Å². The lowest BCUT2D eigenvalue weighted by Gasteiger charge is -2.26. The highest BCUT2D eigenvalue weighted by molar-refractivity contribution is 7.89. The third-order valence-electron chi connectivity index (χ3n) is 3.11. The van der Waals surface area contributed by atoms with Crippen LogP contribution in [0, 0.1) is 0 Å². The summed E-state index contributed by atoms with van der Waals surface area (Å²) >= 11 is 6.11. The maximum absolute atomic E-state index is 13.3. The fraction of sp³-hybridized carbons (Fsp3) is 0.462. The van der Waals surface area contributed by atoms with Gasteiger partial charge in [0, 0.05) is 26.4 Å². The third-order valence-corrected chi connectivity index (χ3v) is 4.82. The van der Waals surface area contributed by atoms with Gasteiger partial charge in [0.15, 0.2) is 0 Å². The Labute approximate surface area is 134 Å². The van der Waals surface area contributed by atoms with Gasteiger partial charge in [-0.05, 0) is 18.6 Å². The van der Waals surface area contributed by atoms with Crippen LogP contribution in [0.3, 0.4) is 0 Å². The lowest BCUT2D eigenvalue weighted by molar-refractivity contribution is 0.204. The second-order valence-corrected chi connectivity index (χ2v) is 6.90. The Kier molecular flexibility index (Phi) is 5.74. The zero-order valence-electron chi connectivity index (χ0n) is 12.1. The van der Waals surface area contributed by atoms with Gasteiger partial charge in [-0.3, -0.25) is 0 Å². The van der Waals surface area contributed by atoms with E-state index in [0.29, 0.717) is 18.8 Å². The molecule has 0 aliphatic carbocycles. The molecule has 6 nitrogen and oxygen atoms in total. The molecular weight excluding hydrogens is 333 g/mol. The van der Waals surface area contributed by atoms with Crippen molar-refractivity contribution in [1.29, 1.82) is 0 Å². The number of nitrogens with zero attached hydrogens (tertiary/aromatic N) is 2. The number of hydrogen-bond acceptors (Lipinski definition) is 5. The van der Waals surface area contributed by atoms with E-state index in [-0.39, 0.29) is 35.4 Å². The standard InChI is InChI=1S/C13H17ClFN3O3S/c1-21-6-4-17-22(19,20)11-7-12(14)13(16-8-11)18-5-2-3-10(15)9-18/h3,7-8,17H,2,4-6,9H2,1H3. The van der Waals surface area contributed by atoms with Gasteiger partial charge in [-0.15, -0.1) is 0 Å². The molecule has 0 unspecified atom stereocenters. The molecule has 1 N–H and O–H groups in total. The molecule has 0 saturated carbocycles. The number of halogens is 2. The first kappa shape index (κ1) is 17.1. The molecule has 22 heavy (non-hydrogen) atoms. The van der Waals surface area contributed by atoms with E-state index < -0.39 is 10.0 Å². The Balaban J connectivity index is 2.17. The number of nitrogens with one attached hydrogen (secondary N) is 1. The van der Waals surface area contributed by atoms with E-state index in [4.69, 9.17) is 16.3 Å². The molecule has 1 aliphatic heterocycles. The van der Waals surface area contributed by atoms with Gasteiger partial charge in [-0.25, -0.2) is 22.5 Å². The number of ether oxygens (including phenoxy) is 1. The van der Waals surface area contributed by atoms with Gasteiger partial charge < -0.3 is 9.64 Å². The van der Waals surface area contributed by atoms with Gasteiger partial charge in [0.1, 0.15) is 16.5 Å². The molecule has 2 heterocycles. The maximum Gasteiger partial charge on any atom is 0.242 e. The molecule has 0 atom stereocenters. The van der Waals surface area contributed by atoms with Crippen molar-refractivity contribution in [1.82, 2.24) is 9.71 Å². The predicted molar refractivity (Wildman–Crippen MR) is 82.3 cm³/mol. The summed E-state index contributed by atoms with van der Waals surface area (Å²) < 4.78 is 44.6. The minimum absolute atomic E-state index is 0.0367. The predicted octanol–water partition coefficient (Wildman–Crippen LogP) is 1.72. The highest BCUT2D eigenvalue weighted by Crippen LogP contribution is 2.28. The average molecular weight is 350 g/mol. The summed E-state index contributed by atoms with van der Waals surface area (Å²) in [5.74, 6) is 0.128. The summed E-state index contributed by atoms with van der Waals surface area (Å²) in [6, 6.07) is 1.31. The van der Waals surface area contributed by atoms with Crippen molar-refractivity contribution < 1.29 is 17.5 Å². The normalized spacial score (nSPS) is 15.8. The highest BCUT2D eigenvalue weighted by atomic mass is 35.5. The minimum atomic E-state index is -3.69. The third kappa shape index (κ3) is 4.16. The highest BCUT2D eigenvalue weighted by Gasteiger charge is 2.20. The van der Waals surface area contributed by atoms with E-state index >= 15 is 0 Å². The summed E-state index contributed by atoms with van der Waals surface area (Å²) in [6.07, 6.45) is 3.29. The van der Waals surface area contributed by atoms with Gasteiger partial charge in [0.2, 0.25) is 10.0 Å². The van der Waals surface area contributed by atoms with Crippen LogP contribution in [0.4, 0.5) is 10.2 Å². The number of methoxy groups -OCH3 is 1. The van der Waals surface area contributed by atoms with E-state index in [1.807, 2.05) is 0 Å². The lowest BCUT2D eigenvalue weighted by Crippen LogP contribution is -2.30. The van der Waals surface area contributed by atoms with Crippen molar-refractivity contribution >= 4 is 27.4 Å². The molecule has 9 heteroatoms. The first-order valence-electron chi connectivity index (χ1n) is 6.67. The molecule has 1 aliphatic rings. The lowest BCUT2D eigenvalue weighted by atomic mass is 10.2. The van der Waals surface area contributed by atoms with Crippen LogP contribution >= 0.6 is 11.6 Å². The van der Waals surface area contributed by atoms with Crippen LogP contribution in [0.1, 0.15) is 6.42 Å². The number of aromatic nitrogens is 1. The first-order chi connectivity index (χ1) is 10.4. The number of anilines is 1. The first-order valence-corrected chi connectivity index (χ1v) is 8.54. The molecule has 0 radical (unpaired) electrons. The molecule has 2 rings (SSSR count). The van der Waals surface area contributed by atoms with Gasteiger partial charge in [-0.2, -0.15) is 0 Å². The van der Waals surface area contributed by atoms with E-state index in [1.165, 1.54) is 25.4 Å². The molecule has 1 aromatic rings. The number of sulfonamides is 1. The van der Waals surface area contributed by atoms with E-state index in [9.17, 15) is 12.8 Å². The number of pyridine rings is 1. The Morgan fingerprint density at radius 1 is 1.55 bits per heavy atom. The minimum Gasteiger partial charge on any atom is -0.383 e. The van der Waals surface area contributed by atoms with Gasteiger partial charge in [0.25, 0.3) is 0 Å². The fourth-order valence-electron chi connectivity index (χ4n) is 2.04. The van der Waals surface area contributed by atoms with E-state index in [2.05, 4.69) is 9.71 Å². The Bertz CT molecular complexity index is 666. The summed E-state index contributed by atoms with van der Waals surface area (Å²) in [7, 11) is -2.21. The summed E-state index contributed by atoms with van der Waals surface area (Å²) in [4.78, 5) is 5.72. The topological polar surface area (TPSA) is 71.5 Å². The summed E-state index contributed by atoms with van der Waals surface area (Å²) in [5.41, 5.74) is 0. The largest absolute Gasteiger partial charge is 0.383 e. The van der Waals surface area contributed by atoms with Crippen molar-refractivity contribution in [3.05, 3.63) is 29.2 Å². The Hall–Kier alpha value is -1.22. The molecular formula is C13H17ClFN3O3S. The smallest absolute Gasteiger partial charge is 0.242 e. The summed E-state index contributed by atoms with van der Waals surface area (Å²) in [5, 5.41) is 0.171. The molecule has 1 aromatic heterocycles. The number of hydrogen-bond donors (Lipinski definition) is 1. The Morgan fingerprint density at radius 3 is 2.95 bits per heavy atom. The monoisotopic (exact) mass is 349 g/mol. The van der Waals surface area contributed by atoms with Crippen LogP contribution in [0.2, 0.25) is 5.02 Å². The van der Waals surface area contributed by atoms with Crippen molar-refractivity contribution in [3.63, 3.8) is 0 Å². The van der Waals surface area contributed by atoms with Crippen LogP contribution in [0.5, 0.6) is 0 Å². The van der Waals surface area contributed by atoms with Crippen molar-refractivity contribution in [2.45, 2.75) is 11.3 Å². The van der Waals surface area contributed by atoms with Crippen LogP contribution in [0.15, 0.2) is 29.1 Å². The quantitative estimate of drug-likeness (QED) is 0.792. The Morgan fingerprint density at radius 2 is 2.32 bits per heavy atom. The van der Waals surface area contributed by atoms with E-state index in [0.717, 1.165) is 0 Å². The molecule has 0 bridgehead atoms. The zero-order chi connectivity index (χ0) is 16.2. The molecule has 0 spiro atoms. The molecule has 0 fully saturated rings. The van der Waals surface area contributed by atoms with Crippen LogP contribution < -0.4 is 9.62 Å². The van der Waals surface area contributed by atoms with Crippen LogP contribution in [0.25, 0.3) is 0 Å². The number of rotatable bonds is 6. The molecule has 122 valence electrons. The van der Waals surface area contributed by atoms with Crippen LogP contribution in [-0.4, -0.2) is 46.8 Å². The van der Waals surface area contributed by atoms with Crippen molar-refractivity contribution in [2.75, 3.05) is 38.3 Å². The van der Waals surface area contributed by atoms with Crippen LogP contribution in [-0.2, 0) is 14.8 Å². The molecule has 0 amide bonds. The summed E-state index contributed by atoms with van der Waals surface area (Å²) in [6.45, 7) is 1.08. The second kappa shape index (κ2) is 7.36. The second-order valence-electron chi connectivity index (χ2n) is 4.73. The van der Waals surface area contributed by atoms with Crippen molar-refractivity contribution in [3.8, 4) is 0 Å². The SMILES string of the molecule is COCCNS(=O)(=O)c1cnc(N2CCC=C(F)C2)c(Cl)c1. The van der Waals surface area contributed by atoms with Crippen molar-refractivity contribution in [2.24, 2.45) is 0 Å². The maximum atomic E-state index is 13.3. The fourth-order valence-corrected chi connectivity index (χ4v) is 3.37. The van der Waals surface area contributed by atoms with Gasteiger partial charge in [-0.1, -0.05) is 11.6 Å². The average Bonchev–Trinajstić information content (AvgIpc) is 2.47. The zero-order valence-corrected chi connectivity index (χ0v) is 13.6. The van der Waals surface area contributed by atoms with E-state index in [1.54, 1.807) is 4.90 Å². The molecule has 0 saturated heterocycles. The van der Waals surface area contributed by atoms with Gasteiger partial charge >= 0.3 is 0 Å². The molecule has 0 aromatic carbocycles.